The summed E-state index contributed by atoms with van der Waals surface area (Å²) < 4.78 is 5.66. The molecule has 0 unspecified atom stereocenters. The molecule has 7 nitrogen and oxygen atoms in total. The van der Waals surface area contributed by atoms with Gasteiger partial charge < -0.3 is 19.9 Å². The van der Waals surface area contributed by atoms with Crippen LogP contribution in [-0.4, -0.2) is 64.7 Å². The standard InChI is InChI=1S/C23H31N3O4S/c1-23(2,3)30-22(29)26(13-15-4-5-15)17-8-10-25(11-9-17)21(28)16-6-7-19-18(12-16)24-20(27)14-31-19/h6-7,12,15,17H,4-5,8-11,13-14H2,1-3H3,(H,24,27). The summed E-state index contributed by atoms with van der Waals surface area (Å²) in [6, 6.07) is 5.60. The second-order valence-electron chi connectivity index (χ2n) is 9.65. The van der Waals surface area contributed by atoms with Crippen LogP contribution < -0.4 is 5.32 Å². The molecule has 0 bridgehead atoms. The van der Waals surface area contributed by atoms with E-state index < -0.39 is 5.60 Å². The van der Waals surface area contributed by atoms with E-state index in [2.05, 4.69) is 5.32 Å². The summed E-state index contributed by atoms with van der Waals surface area (Å²) in [6.45, 7) is 7.62. The third-order valence-electron chi connectivity index (χ3n) is 5.83. The van der Waals surface area contributed by atoms with Gasteiger partial charge in [0.2, 0.25) is 5.91 Å². The summed E-state index contributed by atoms with van der Waals surface area (Å²) in [7, 11) is 0. The van der Waals surface area contributed by atoms with Crippen molar-refractivity contribution < 1.29 is 19.1 Å². The van der Waals surface area contributed by atoms with Crippen LogP contribution in [0.25, 0.3) is 0 Å². The molecule has 1 aromatic rings. The number of hydrogen-bond donors (Lipinski definition) is 1. The van der Waals surface area contributed by atoms with Gasteiger partial charge in [-0.1, -0.05) is 0 Å². The van der Waals surface area contributed by atoms with E-state index in [1.807, 2.05) is 42.7 Å². The molecule has 2 heterocycles. The Labute approximate surface area is 187 Å². The minimum atomic E-state index is -0.518. The summed E-state index contributed by atoms with van der Waals surface area (Å²) >= 11 is 1.49. The lowest BCUT2D eigenvalue weighted by atomic mass is 10.0. The van der Waals surface area contributed by atoms with E-state index in [1.54, 1.807) is 6.07 Å². The molecule has 2 fully saturated rings. The summed E-state index contributed by atoms with van der Waals surface area (Å²) in [4.78, 5) is 42.3. The van der Waals surface area contributed by atoms with Gasteiger partial charge in [0, 0.05) is 36.1 Å². The lowest BCUT2D eigenvalue weighted by Crippen LogP contribution is -2.50. The van der Waals surface area contributed by atoms with E-state index >= 15 is 0 Å². The first kappa shape index (κ1) is 22.0. The van der Waals surface area contributed by atoms with Crippen LogP contribution in [0.3, 0.4) is 0 Å². The number of carbonyl (C=O) groups is 3. The number of thioether (sulfide) groups is 1. The number of hydrogen-bond acceptors (Lipinski definition) is 5. The second kappa shape index (κ2) is 8.73. The fourth-order valence-corrected chi connectivity index (χ4v) is 4.84. The van der Waals surface area contributed by atoms with Crippen molar-refractivity contribution in [3.63, 3.8) is 0 Å². The van der Waals surface area contributed by atoms with Gasteiger partial charge in [-0.15, -0.1) is 11.8 Å². The number of carbonyl (C=O) groups excluding carboxylic acids is 3. The van der Waals surface area contributed by atoms with Gasteiger partial charge in [-0.25, -0.2) is 4.79 Å². The largest absolute Gasteiger partial charge is 0.444 e. The molecular formula is C23H31N3O4S. The number of anilines is 1. The van der Waals surface area contributed by atoms with Gasteiger partial charge in [0.15, 0.2) is 0 Å². The van der Waals surface area contributed by atoms with Crippen molar-refractivity contribution in [2.75, 3.05) is 30.7 Å². The fraction of sp³-hybridized carbons (Fsp3) is 0.609. The van der Waals surface area contributed by atoms with Crippen molar-refractivity contribution in [1.82, 2.24) is 9.80 Å². The van der Waals surface area contributed by atoms with Crippen molar-refractivity contribution in [3.05, 3.63) is 23.8 Å². The third-order valence-corrected chi connectivity index (χ3v) is 6.91. The summed E-state index contributed by atoms with van der Waals surface area (Å²) in [5.74, 6) is 0.914. The second-order valence-corrected chi connectivity index (χ2v) is 10.7. The van der Waals surface area contributed by atoms with Crippen LogP contribution in [0.5, 0.6) is 0 Å². The molecule has 1 aliphatic carbocycles. The van der Waals surface area contributed by atoms with E-state index in [4.69, 9.17) is 4.74 Å². The smallest absolute Gasteiger partial charge is 0.410 e. The molecule has 168 valence electrons. The molecule has 4 rings (SSSR count). The normalized spacial score (nSPS) is 19.5. The molecule has 0 radical (unpaired) electrons. The minimum Gasteiger partial charge on any atom is -0.444 e. The Bertz CT molecular complexity index is 870. The maximum absolute atomic E-state index is 13.1. The lowest BCUT2D eigenvalue weighted by Gasteiger charge is -2.39. The van der Waals surface area contributed by atoms with E-state index in [0.717, 1.165) is 24.3 Å². The Kier molecular flexibility index (Phi) is 6.19. The van der Waals surface area contributed by atoms with Crippen LogP contribution in [0.2, 0.25) is 0 Å². The molecule has 1 saturated heterocycles. The number of nitrogens with one attached hydrogen (secondary N) is 1. The zero-order valence-corrected chi connectivity index (χ0v) is 19.3. The Hall–Kier alpha value is -2.22. The monoisotopic (exact) mass is 445 g/mol. The van der Waals surface area contributed by atoms with Crippen LogP contribution in [0.4, 0.5) is 10.5 Å². The molecule has 31 heavy (non-hydrogen) atoms. The van der Waals surface area contributed by atoms with E-state index in [9.17, 15) is 14.4 Å². The van der Waals surface area contributed by atoms with Crippen LogP contribution in [0.15, 0.2) is 23.1 Å². The highest BCUT2D eigenvalue weighted by molar-refractivity contribution is 8.00. The maximum atomic E-state index is 13.1. The van der Waals surface area contributed by atoms with Crippen molar-refractivity contribution in [1.29, 1.82) is 0 Å². The first-order chi connectivity index (χ1) is 14.7. The molecule has 0 atom stereocenters. The number of nitrogens with zero attached hydrogens (tertiary/aromatic N) is 2. The van der Waals surface area contributed by atoms with Crippen molar-refractivity contribution >= 4 is 35.4 Å². The average Bonchev–Trinajstić information content (AvgIpc) is 3.54. The number of fused-ring (bicyclic) bond motifs is 1. The summed E-state index contributed by atoms with van der Waals surface area (Å²) in [5, 5.41) is 2.85. The van der Waals surface area contributed by atoms with Crippen LogP contribution in [-0.2, 0) is 9.53 Å². The number of piperidine rings is 1. The van der Waals surface area contributed by atoms with Crippen LogP contribution in [0, 0.1) is 5.92 Å². The van der Waals surface area contributed by atoms with E-state index in [-0.39, 0.29) is 23.9 Å². The van der Waals surface area contributed by atoms with E-state index in [1.165, 1.54) is 24.6 Å². The van der Waals surface area contributed by atoms with Crippen LogP contribution >= 0.6 is 11.8 Å². The quantitative estimate of drug-likeness (QED) is 0.758. The fourth-order valence-electron chi connectivity index (χ4n) is 4.05. The molecule has 1 aromatic carbocycles. The zero-order valence-electron chi connectivity index (χ0n) is 18.5. The first-order valence-electron chi connectivity index (χ1n) is 11.1. The van der Waals surface area contributed by atoms with E-state index in [0.29, 0.717) is 36.0 Å². The van der Waals surface area contributed by atoms with Crippen LogP contribution in [0.1, 0.15) is 56.8 Å². The molecule has 1 saturated carbocycles. The Balaban J connectivity index is 1.39. The average molecular weight is 446 g/mol. The summed E-state index contributed by atoms with van der Waals surface area (Å²) in [5.41, 5.74) is 0.778. The third kappa shape index (κ3) is 5.53. The molecule has 3 amide bonds. The van der Waals surface area contributed by atoms with Crippen molar-refractivity contribution in [2.24, 2.45) is 5.92 Å². The summed E-state index contributed by atoms with van der Waals surface area (Å²) in [6.07, 6.45) is 3.59. The highest BCUT2D eigenvalue weighted by Crippen LogP contribution is 2.34. The number of rotatable bonds is 4. The van der Waals surface area contributed by atoms with Gasteiger partial charge in [-0.2, -0.15) is 0 Å². The van der Waals surface area contributed by atoms with Crippen molar-refractivity contribution in [2.45, 2.75) is 63.0 Å². The maximum Gasteiger partial charge on any atom is 0.410 e. The minimum absolute atomic E-state index is 0.0305. The van der Waals surface area contributed by atoms with Gasteiger partial charge >= 0.3 is 6.09 Å². The first-order valence-corrected chi connectivity index (χ1v) is 12.0. The van der Waals surface area contributed by atoms with Gasteiger partial charge in [0.25, 0.3) is 5.91 Å². The lowest BCUT2D eigenvalue weighted by molar-refractivity contribution is -0.113. The van der Waals surface area contributed by atoms with Gasteiger partial charge in [-0.3, -0.25) is 9.59 Å². The van der Waals surface area contributed by atoms with Gasteiger partial charge in [0.1, 0.15) is 5.60 Å². The molecular weight excluding hydrogens is 414 g/mol. The number of amides is 3. The predicted molar refractivity (Wildman–Crippen MR) is 120 cm³/mol. The highest BCUT2D eigenvalue weighted by atomic mass is 32.2. The van der Waals surface area contributed by atoms with Gasteiger partial charge in [0.05, 0.1) is 11.4 Å². The Morgan fingerprint density at radius 2 is 1.90 bits per heavy atom. The highest BCUT2D eigenvalue weighted by Gasteiger charge is 2.36. The molecule has 0 aromatic heterocycles. The SMILES string of the molecule is CC(C)(C)OC(=O)N(CC1CC1)C1CCN(C(=O)c2ccc3c(c2)NC(=O)CS3)CC1. The predicted octanol–water partition coefficient (Wildman–Crippen LogP) is 3.98. The number of ether oxygens (including phenoxy) is 1. The molecule has 0 spiro atoms. The Morgan fingerprint density at radius 1 is 1.19 bits per heavy atom. The molecule has 3 aliphatic rings. The van der Waals surface area contributed by atoms with Crippen molar-refractivity contribution in [3.8, 4) is 0 Å². The molecule has 8 heteroatoms. The molecule has 2 aliphatic heterocycles. The molecule has 1 N–H and O–H groups in total. The number of benzene rings is 1. The number of likely N-dealkylation sites (tertiary alicyclic amines) is 1. The Morgan fingerprint density at radius 3 is 2.55 bits per heavy atom. The topological polar surface area (TPSA) is 79.0 Å². The zero-order chi connectivity index (χ0) is 22.2. The van der Waals surface area contributed by atoms with Gasteiger partial charge in [-0.05, 0) is 70.6 Å².